The summed E-state index contributed by atoms with van der Waals surface area (Å²) >= 11 is 3.30. The van der Waals surface area contributed by atoms with Gasteiger partial charge in [-0.15, -0.1) is 23.1 Å². The van der Waals surface area contributed by atoms with E-state index in [9.17, 15) is 9.90 Å². The van der Waals surface area contributed by atoms with E-state index in [0.29, 0.717) is 5.75 Å². The average molecular weight is 305 g/mol. The molecule has 0 saturated carbocycles. The van der Waals surface area contributed by atoms with E-state index in [1.165, 1.54) is 22.2 Å². The van der Waals surface area contributed by atoms with Crippen LogP contribution in [0.15, 0.2) is 40.6 Å². The van der Waals surface area contributed by atoms with Gasteiger partial charge in [-0.1, -0.05) is 0 Å². The molecular weight excluding hydrogens is 290 g/mol. The lowest BCUT2D eigenvalue weighted by atomic mass is 10.1. The maximum atomic E-state index is 12.2. The number of hydrogen-bond donors (Lipinski definition) is 1. The number of carbonyl (C=O) groups excluding carboxylic acids is 1. The molecule has 0 atom stereocenters. The number of phenolic OH excluding ortho intramolecular Hbond substituents is 1. The number of carbonyl (C=O) groups is 1. The van der Waals surface area contributed by atoms with Crippen LogP contribution >= 0.6 is 23.1 Å². The summed E-state index contributed by atoms with van der Waals surface area (Å²) in [7, 11) is 0. The normalized spacial score (nSPS) is 14.1. The quantitative estimate of drug-likeness (QED) is 0.886. The highest BCUT2D eigenvalue weighted by Gasteiger charge is 2.21. The van der Waals surface area contributed by atoms with Crippen LogP contribution < -0.4 is 0 Å². The van der Waals surface area contributed by atoms with Crippen molar-refractivity contribution in [2.45, 2.75) is 17.9 Å². The van der Waals surface area contributed by atoms with Crippen LogP contribution in [0.2, 0.25) is 0 Å². The zero-order valence-electron chi connectivity index (χ0n) is 10.9. The Morgan fingerprint density at radius 2 is 2.10 bits per heavy atom. The second-order valence-corrected chi connectivity index (χ2v) is 6.77. The molecule has 0 spiro atoms. The highest BCUT2D eigenvalue weighted by Crippen LogP contribution is 2.26. The standard InChI is InChI=1S/C15H15NO2S2/c17-12-1-3-13(4-2-12)20-10-15(18)16-7-5-14-11(9-16)6-8-19-14/h1-4,6,8,17H,5,7,9-10H2. The topological polar surface area (TPSA) is 40.5 Å². The Labute approximate surface area is 126 Å². The molecule has 1 aliphatic heterocycles. The molecule has 0 saturated heterocycles. The largest absolute Gasteiger partial charge is 0.508 e. The van der Waals surface area contributed by atoms with Gasteiger partial charge < -0.3 is 10.0 Å². The van der Waals surface area contributed by atoms with Crippen molar-refractivity contribution >= 4 is 29.0 Å². The number of amides is 1. The van der Waals surface area contributed by atoms with Crippen LogP contribution in [0.4, 0.5) is 0 Å². The molecule has 1 amide bonds. The van der Waals surface area contributed by atoms with Gasteiger partial charge >= 0.3 is 0 Å². The van der Waals surface area contributed by atoms with Crippen molar-refractivity contribution in [2.24, 2.45) is 0 Å². The number of thiophene rings is 1. The van der Waals surface area contributed by atoms with Crippen molar-refractivity contribution in [1.29, 1.82) is 0 Å². The predicted molar refractivity (Wildman–Crippen MR) is 82.3 cm³/mol. The third kappa shape index (κ3) is 2.99. The van der Waals surface area contributed by atoms with Crippen LogP contribution in [0.1, 0.15) is 10.4 Å². The first kappa shape index (κ1) is 13.5. The van der Waals surface area contributed by atoms with Gasteiger partial charge in [-0.05, 0) is 47.7 Å². The molecule has 1 aromatic carbocycles. The van der Waals surface area contributed by atoms with E-state index in [1.54, 1.807) is 23.5 Å². The van der Waals surface area contributed by atoms with E-state index >= 15 is 0 Å². The number of phenols is 1. The summed E-state index contributed by atoms with van der Waals surface area (Å²) in [4.78, 5) is 16.6. The van der Waals surface area contributed by atoms with Crippen LogP contribution in [0.3, 0.4) is 0 Å². The van der Waals surface area contributed by atoms with Crippen LogP contribution in [0.5, 0.6) is 5.75 Å². The molecule has 2 heterocycles. The van der Waals surface area contributed by atoms with Crippen molar-refractivity contribution in [3.8, 4) is 5.75 Å². The summed E-state index contributed by atoms with van der Waals surface area (Å²) in [6, 6.07) is 9.07. The predicted octanol–water partition coefficient (Wildman–Crippen LogP) is 3.13. The molecule has 0 bridgehead atoms. The molecule has 0 unspecified atom stereocenters. The van der Waals surface area contributed by atoms with Gasteiger partial charge in [-0.2, -0.15) is 0 Å². The van der Waals surface area contributed by atoms with Gasteiger partial charge in [0.15, 0.2) is 0 Å². The van der Waals surface area contributed by atoms with Crippen LogP contribution in [0.25, 0.3) is 0 Å². The van der Waals surface area contributed by atoms with Gasteiger partial charge in [0.25, 0.3) is 0 Å². The summed E-state index contributed by atoms with van der Waals surface area (Å²) in [6.07, 6.45) is 0.975. The summed E-state index contributed by atoms with van der Waals surface area (Å²) in [5.41, 5.74) is 1.30. The van der Waals surface area contributed by atoms with E-state index in [-0.39, 0.29) is 11.7 Å². The SMILES string of the molecule is O=C(CSc1ccc(O)cc1)N1CCc2sccc2C1. The van der Waals surface area contributed by atoms with E-state index in [2.05, 4.69) is 11.4 Å². The number of aromatic hydroxyl groups is 1. The van der Waals surface area contributed by atoms with Gasteiger partial charge in [0.05, 0.1) is 5.75 Å². The fraction of sp³-hybridized carbons (Fsp3) is 0.267. The molecule has 1 aliphatic rings. The average Bonchev–Trinajstić information content (AvgIpc) is 2.93. The lowest BCUT2D eigenvalue weighted by Gasteiger charge is -2.26. The number of hydrogen-bond acceptors (Lipinski definition) is 4. The minimum Gasteiger partial charge on any atom is -0.508 e. The third-order valence-electron chi connectivity index (χ3n) is 3.36. The van der Waals surface area contributed by atoms with E-state index in [1.807, 2.05) is 17.0 Å². The Bertz CT molecular complexity index is 607. The fourth-order valence-electron chi connectivity index (χ4n) is 2.24. The Morgan fingerprint density at radius 3 is 2.90 bits per heavy atom. The highest BCUT2D eigenvalue weighted by molar-refractivity contribution is 8.00. The molecule has 3 nitrogen and oxygen atoms in total. The Morgan fingerprint density at radius 1 is 1.30 bits per heavy atom. The van der Waals surface area contributed by atoms with Crippen molar-refractivity contribution in [3.05, 3.63) is 46.2 Å². The summed E-state index contributed by atoms with van der Waals surface area (Å²) in [5.74, 6) is 0.881. The zero-order valence-corrected chi connectivity index (χ0v) is 12.5. The molecule has 0 radical (unpaired) electrons. The van der Waals surface area contributed by atoms with Crippen LogP contribution in [-0.2, 0) is 17.8 Å². The molecule has 104 valence electrons. The van der Waals surface area contributed by atoms with Gasteiger partial charge in [-0.25, -0.2) is 0 Å². The Hall–Kier alpha value is -1.46. The lowest BCUT2D eigenvalue weighted by molar-refractivity contribution is -0.129. The van der Waals surface area contributed by atoms with Crippen molar-refractivity contribution in [2.75, 3.05) is 12.3 Å². The molecule has 3 rings (SSSR count). The molecule has 2 aromatic rings. The van der Waals surface area contributed by atoms with E-state index in [4.69, 9.17) is 0 Å². The molecular formula is C15H15NO2S2. The summed E-state index contributed by atoms with van der Waals surface area (Å²) in [6.45, 7) is 1.57. The second-order valence-electron chi connectivity index (χ2n) is 4.72. The van der Waals surface area contributed by atoms with Gasteiger partial charge in [-0.3, -0.25) is 4.79 Å². The molecule has 5 heteroatoms. The Kier molecular flexibility index (Phi) is 3.98. The molecule has 0 fully saturated rings. The molecule has 20 heavy (non-hydrogen) atoms. The molecule has 0 aliphatic carbocycles. The fourth-order valence-corrected chi connectivity index (χ4v) is 3.93. The van der Waals surface area contributed by atoms with Crippen LogP contribution in [-0.4, -0.2) is 28.2 Å². The maximum Gasteiger partial charge on any atom is 0.233 e. The minimum absolute atomic E-state index is 0.180. The van der Waals surface area contributed by atoms with Gasteiger partial charge in [0.2, 0.25) is 5.91 Å². The number of benzene rings is 1. The monoisotopic (exact) mass is 305 g/mol. The number of rotatable bonds is 3. The summed E-state index contributed by atoms with van der Waals surface area (Å²) in [5, 5.41) is 11.3. The maximum absolute atomic E-state index is 12.2. The number of nitrogens with zero attached hydrogens (tertiary/aromatic N) is 1. The third-order valence-corrected chi connectivity index (χ3v) is 5.38. The number of thioether (sulfide) groups is 1. The highest BCUT2D eigenvalue weighted by atomic mass is 32.2. The second kappa shape index (κ2) is 5.89. The van der Waals surface area contributed by atoms with Gasteiger partial charge in [0, 0.05) is 22.9 Å². The first-order valence-corrected chi connectivity index (χ1v) is 8.34. The minimum atomic E-state index is 0.180. The van der Waals surface area contributed by atoms with E-state index in [0.717, 1.165) is 24.4 Å². The van der Waals surface area contributed by atoms with Crippen LogP contribution in [0, 0.1) is 0 Å². The van der Waals surface area contributed by atoms with Crippen molar-refractivity contribution in [3.63, 3.8) is 0 Å². The van der Waals surface area contributed by atoms with Crippen molar-refractivity contribution in [1.82, 2.24) is 4.90 Å². The first-order chi connectivity index (χ1) is 9.72. The first-order valence-electron chi connectivity index (χ1n) is 6.47. The zero-order chi connectivity index (χ0) is 13.9. The smallest absolute Gasteiger partial charge is 0.233 e. The lowest BCUT2D eigenvalue weighted by Crippen LogP contribution is -2.36. The van der Waals surface area contributed by atoms with Gasteiger partial charge in [0.1, 0.15) is 5.75 Å². The Balaban J connectivity index is 1.56. The van der Waals surface area contributed by atoms with Crippen molar-refractivity contribution < 1.29 is 9.90 Å². The molecule has 1 N–H and O–H groups in total. The molecule has 1 aromatic heterocycles. The summed E-state index contributed by atoms with van der Waals surface area (Å²) < 4.78 is 0. The van der Waals surface area contributed by atoms with E-state index < -0.39 is 0 Å². The number of fused-ring (bicyclic) bond motifs is 1.